The summed E-state index contributed by atoms with van der Waals surface area (Å²) in [7, 11) is -3.92. The van der Waals surface area contributed by atoms with Gasteiger partial charge in [-0.15, -0.1) is 0 Å². The van der Waals surface area contributed by atoms with E-state index in [2.05, 4.69) is 0 Å². The van der Waals surface area contributed by atoms with Crippen LogP contribution in [0.5, 0.6) is 11.5 Å². The summed E-state index contributed by atoms with van der Waals surface area (Å²) < 4.78 is 56.6. The van der Waals surface area contributed by atoms with Gasteiger partial charge in [0.25, 0.3) is 5.91 Å². The number of hydrogen-bond acceptors (Lipinski definition) is 4. The Morgan fingerprint density at radius 3 is 2.33 bits per heavy atom. The minimum Gasteiger partial charge on any atom is -0.454 e. The van der Waals surface area contributed by atoms with Crippen molar-refractivity contribution in [3.05, 3.63) is 57.6 Å². The summed E-state index contributed by atoms with van der Waals surface area (Å²) in [6.07, 6.45) is 0.709. The van der Waals surface area contributed by atoms with Crippen LogP contribution in [0, 0.1) is 11.6 Å². The first kappa shape index (κ1) is 18.4. The average molecular weight is 396 g/mol. The highest BCUT2D eigenvalue weighted by Crippen LogP contribution is 2.31. The number of rotatable bonds is 4. The van der Waals surface area contributed by atoms with Crippen molar-refractivity contribution < 1.29 is 26.7 Å². The monoisotopic (exact) mass is 395 g/mol. The molecule has 1 amide bonds. The van der Waals surface area contributed by atoms with Crippen LogP contribution in [0.15, 0.2) is 30.3 Å². The van der Waals surface area contributed by atoms with Crippen LogP contribution >= 0.6 is 23.2 Å². The van der Waals surface area contributed by atoms with Crippen molar-refractivity contribution in [2.45, 2.75) is 0 Å². The van der Waals surface area contributed by atoms with Gasteiger partial charge in [0, 0.05) is 12.1 Å². The molecular weight excluding hydrogens is 387 g/mol. The Balaban J connectivity index is 2.32. The predicted molar refractivity (Wildman–Crippen MR) is 85.2 cm³/mol. The fraction of sp³-hybridized carbons (Fsp3) is 0.0714. The van der Waals surface area contributed by atoms with Crippen molar-refractivity contribution in [2.24, 2.45) is 0 Å². The van der Waals surface area contributed by atoms with Gasteiger partial charge >= 0.3 is 0 Å². The smallest absolute Gasteiger partial charge is 0.267 e. The molecule has 24 heavy (non-hydrogen) atoms. The number of halogens is 4. The standard InChI is InChI=1S/C14H9Cl2F2NO4S/c1-24(21,22)19-14(20)8-5-12(18)13(6-11(8)17)23-7-2-3-9(15)10(16)4-7/h2-6H,1H3,(H,19,20). The first-order valence-electron chi connectivity index (χ1n) is 6.21. The molecule has 2 rings (SSSR count). The van der Waals surface area contributed by atoms with E-state index in [1.54, 1.807) is 4.72 Å². The van der Waals surface area contributed by atoms with E-state index in [-0.39, 0.29) is 15.8 Å². The van der Waals surface area contributed by atoms with Gasteiger partial charge in [-0.2, -0.15) is 0 Å². The Kier molecular flexibility index (Phi) is 5.32. The summed E-state index contributed by atoms with van der Waals surface area (Å²) in [4.78, 5) is 11.6. The molecule has 10 heteroatoms. The molecule has 0 atom stereocenters. The van der Waals surface area contributed by atoms with Gasteiger partial charge in [-0.05, 0) is 18.2 Å². The summed E-state index contributed by atoms with van der Waals surface area (Å²) in [6, 6.07) is 5.24. The third-order valence-corrected chi connectivity index (χ3v) is 3.96. The molecular formula is C14H9Cl2F2NO4S. The maximum absolute atomic E-state index is 14.0. The zero-order valence-corrected chi connectivity index (χ0v) is 14.3. The summed E-state index contributed by atoms with van der Waals surface area (Å²) in [5.74, 6) is -3.94. The molecule has 0 aliphatic heterocycles. The van der Waals surface area contributed by atoms with Gasteiger partial charge in [0.15, 0.2) is 11.6 Å². The molecule has 0 aliphatic carbocycles. The van der Waals surface area contributed by atoms with Crippen LogP contribution in [0.1, 0.15) is 10.4 Å². The van der Waals surface area contributed by atoms with Gasteiger partial charge in [-0.3, -0.25) is 4.79 Å². The zero-order valence-electron chi connectivity index (χ0n) is 11.9. The van der Waals surface area contributed by atoms with E-state index in [0.717, 1.165) is 0 Å². The molecule has 0 radical (unpaired) electrons. The second-order valence-corrected chi connectivity index (χ2v) is 7.21. The quantitative estimate of drug-likeness (QED) is 0.855. The fourth-order valence-electron chi connectivity index (χ4n) is 1.67. The van der Waals surface area contributed by atoms with Crippen LogP contribution in [0.3, 0.4) is 0 Å². The van der Waals surface area contributed by atoms with Crippen molar-refractivity contribution in [2.75, 3.05) is 6.26 Å². The van der Waals surface area contributed by atoms with Crippen LogP contribution in [-0.2, 0) is 10.0 Å². The van der Waals surface area contributed by atoms with Gasteiger partial charge in [0.1, 0.15) is 11.6 Å². The van der Waals surface area contributed by atoms with Crippen LogP contribution in [0.4, 0.5) is 8.78 Å². The lowest BCUT2D eigenvalue weighted by molar-refractivity contribution is 0.0977. The summed E-state index contributed by atoms with van der Waals surface area (Å²) >= 11 is 11.5. The van der Waals surface area contributed by atoms with E-state index >= 15 is 0 Å². The van der Waals surface area contributed by atoms with Crippen LogP contribution in [-0.4, -0.2) is 20.6 Å². The summed E-state index contributed by atoms with van der Waals surface area (Å²) in [5.41, 5.74) is -0.778. The second kappa shape index (κ2) is 6.92. The van der Waals surface area contributed by atoms with Gasteiger partial charge in [-0.1, -0.05) is 23.2 Å². The van der Waals surface area contributed by atoms with Crippen molar-refractivity contribution in [3.63, 3.8) is 0 Å². The van der Waals surface area contributed by atoms with Gasteiger partial charge in [0.05, 0.1) is 21.9 Å². The summed E-state index contributed by atoms with van der Waals surface area (Å²) in [5, 5.41) is 0.405. The average Bonchev–Trinajstić information content (AvgIpc) is 2.44. The van der Waals surface area contributed by atoms with E-state index in [9.17, 15) is 22.0 Å². The Morgan fingerprint density at radius 2 is 1.75 bits per heavy atom. The Bertz CT molecular complexity index is 919. The highest BCUT2D eigenvalue weighted by atomic mass is 35.5. The first-order valence-corrected chi connectivity index (χ1v) is 8.85. The van der Waals surface area contributed by atoms with Crippen LogP contribution in [0.2, 0.25) is 10.0 Å². The van der Waals surface area contributed by atoms with Crippen LogP contribution in [0.25, 0.3) is 0 Å². The normalized spacial score (nSPS) is 11.2. The minimum absolute atomic E-state index is 0.0936. The van der Waals surface area contributed by atoms with Crippen molar-refractivity contribution in [1.29, 1.82) is 0 Å². The molecule has 0 saturated heterocycles. The lowest BCUT2D eigenvalue weighted by Gasteiger charge is -2.10. The molecule has 0 aliphatic rings. The van der Waals surface area contributed by atoms with E-state index in [4.69, 9.17) is 27.9 Å². The van der Waals surface area contributed by atoms with Gasteiger partial charge in [-0.25, -0.2) is 21.9 Å². The molecule has 0 aromatic heterocycles. The molecule has 0 heterocycles. The van der Waals surface area contributed by atoms with Crippen LogP contribution < -0.4 is 9.46 Å². The first-order chi connectivity index (χ1) is 11.1. The minimum atomic E-state index is -3.92. The third kappa shape index (κ3) is 4.56. The second-order valence-electron chi connectivity index (χ2n) is 4.64. The number of nitrogens with one attached hydrogen (secondary N) is 1. The van der Waals surface area contributed by atoms with Crippen molar-refractivity contribution >= 4 is 39.1 Å². The zero-order chi connectivity index (χ0) is 18.1. The number of carbonyl (C=O) groups excluding carboxylic acids is 1. The Labute approximate surface area is 146 Å². The molecule has 0 saturated carbocycles. The number of benzene rings is 2. The highest BCUT2D eigenvalue weighted by molar-refractivity contribution is 7.89. The summed E-state index contributed by atoms with van der Waals surface area (Å²) in [6.45, 7) is 0. The maximum Gasteiger partial charge on any atom is 0.267 e. The maximum atomic E-state index is 14.0. The third-order valence-electron chi connectivity index (χ3n) is 2.66. The number of carbonyl (C=O) groups is 1. The van der Waals surface area contributed by atoms with E-state index in [0.29, 0.717) is 18.4 Å². The molecule has 128 valence electrons. The predicted octanol–water partition coefficient (Wildman–Crippen LogP) is 3.75. The van der Waals surface area contributed by atoms with E-state index < -0.39 is 38.9 Å². The number of amides is 1. The molecule has 2 aromatic carbocycles. The molecule has 5 nitrogen and oxygen atoms in total. The molecule has 0 bridgehead atoms. The van der Waals surface area contributed by atoms with E-state index in [1.807, 2.05) is 0 Å². The highest BCUT2D eigenvalue weighted by Gasteiger charge is 2.20. The van der Waals surface area contributed by atoms with E-state index in [1.165, 1.54) is 18.2 Å². The Morgan fingerprint density at radius 1 is 1.08 bits per heavy atom. The topological polar surface area (TPSA) is 72.5 Å². The largest absolute Gasteiger partial charge is 0.454 e. The van der Waals surface area contributed by atoms with Crippen molar-refractivity contribution in [1.82, 2.24) is 4.72 Å². The van der Waals surface area contributed by atoms with Gasteiger partial charge < -0.3 is 4.74 Å². The number of sulfonamides is 1. The lowest BCUT2D eigenvalue weighted by Crippen LogP contribution is -2.30. The lowest BCUT2D eigenvalue weighted by atomic mass is 10.2. The SMILES string of the molecule is CS(=O)(=O)NC(=O)c1cc(F)c(Oc2ccc(Cl)c(Cl)c2)cc1F. The molecule has 0 unspecified atom stereocenters. The molecule has 0 fully saturated rings. The number of ether oxygens (including phenoxy) is 1. The fourth-order valence-corrected chi connectivity index (χ4v) is 2.41. The molecule has 0 spiro atoms. The number of hydrogen-bond donors (Lipinski definition) is 1. The van der Waals surface area contributed by atoms with Gasteiger partial charge in [0.2, 0.25) is 10.0 Å². The molecule has 2 aromatic rings. The Hall–Kier alpha value is -1.90. The van der Waals surface area contributed by atoms with Crippen molar-refractivity contribution in [3.8, 4) is 11.5 Å². The molecule has 1 N–H and O–H groups in total.